The summed E-state index contributed by atoms with van der Waals surface area (Å²) in [5.74, 6) is 0. The van der Waals surface area contributed by atoms with Gasteiger partial charge in [-0.05, 0) is 35.2 Å². The number of nitrogens with zero attached hydrogens (tertiary/aromatic N) is 1. The first-order valence-electron chi connectivity index (χ1n) is 7.61. The number of aromatic nitrogens is 1. The van der Waals surface area contributed by atoms with Crippen molar-refractivity contribution in [1.82, 2.24) is 4.57 Å². The Balaban J connectivity index is 2.12. The van der Waals surface area contributed by atoms with E-state index in [1.165, 1.54) is 0 Å². The molecule has 0 N–H and O–H groups in total. The SMILES string of the molecule is Cn1c(S(=O)(=O)c2ccc(C(C)(C)C)cc2)cc2ccccc21. The summed E-state index contributed by atoms with van der Waals surface area (Å²) >= 11 is 0. The van der Waals surface area contributed by atoms with Crippen molar-refractivity contribution in [2.45, 2.75) is 36.1 Å². The maximum absolute atomic E-state index is 13.0. The van der Waals surface area contributed by atoms with Gasteiger partial charge in [0.25, 0.3) is 0 Å². The van der Waals surface area contributed by atoms with Crippen molar-refractivity contribution in [3.05, 3.63) is 60.2 Å². The van der Waals surface area contributed by atoms with Gasteiger partial charge in [0, 0.05) is 18.0 Å². The van der Waals surface area contributed by atoms with Crippen LogP contribution in [0, 0.1) is 0 Å². The standard InChI is InChI=1S/C19H21NO2S/c1-19(2,3)15-9-11-16(12-10-15)23(21,22)18-13-14-7-5-6-8-17(14)20(18)4/h5-13H,1-4H3. The fraction of sp³-hybridized carbons (Fsp3) is 0.263. The summed E-state index contributed by atoms with van der Waals surface area (Å²) in [6.45, 7) is 6.33. The van der Waals surface area contributed by atoms with E-state index in [9.17, 15) is 8.42 Å². The fourth-order valence-electron chi connectivity index (χ4n) is 2.78. The van der Waals surface area contributed by atoms with Gasteiger partial charge in [0.2, 0.25) is 9.84 Å². The molecule has 0 atom stereocenters. The average Bonchev–Trinajstić information content (AvgIpc) is 2.85. The summed E-state index contributed by atoms with van der Waals surface area (Å²) in [6.07, 6.45) is 0. The number of hydrogen-bond donors (Lipinski definition) is 0. The highest BCUT2D eigenvalue weighted by Gasteiger charge is 2.23. The molecule has 4 heteroatoms. The van der Waals surface area contributed by atoms with E-state index in [-0.39, 0.29) is 5.41 Å². The summed E-state index contributed by atoms with van der Waals surface area (Å²) in [7, 11) is -1.74. The molecule has 3 nitrogen and oxygen atoms in total. The lowest BCUT2D eigenvalue weighted by Gasteiger charge is -2.19. The number of sulfone groups is 1. The molecule has 2 aromatic carbocycles. The van der Waals surface area contributed by atoms with Crippen LogP contribution in [0.25, 0.3) is 10.9 Å². The lowest BCUT2D eigenvalue weighted by molar-refractivity contribution is 0.582. The average molecular weight is 327 g/mol. The fourth-order valence-corrected chi connectivity index (χ4v) is 4.25. The highest BCUT2D eigenvalue weighted by Crippen LogP contribution is 2.29. The Kier molecular flexibility index (Phi) is 3.60. The van der Waals surface area contributed by atoms with Gasteiger partial charge in [0.05, 0.1) is 4.90 Å². The van der Waals surface area contributed by atoms with Gasteiger partial charge in [0.15, 0.2) is 0 Å². The summed E-state index contributed by atoms with van der Waals surface area (Å²) < 4.78 is 27.7. The maximum Gasteiger partial charge on any atom is 0.222 e. The maximum atomic E-state index is 13.0. The van der Waals surface area contributed by atoms with E-state index >= 15 is 0 Å². The van der Waals surface area contributed by atoms with E-state index in [2.05, 4.69) is 20.8 Å². The molecular weight excluding hydrogens is 306 g/mol. The summed E-state index contributed by atoms with van der Waals surface area (Å²) in [5, 5.41) is 1.25. The number of benzene rings is 2. The normalized spacial score (nSPS) is 12.7. The molecule has 0 spiro atoms. The van der Waals surface area contributed by atoms with E-state index < -0.39 is 9.84 Å². The molecule has 0 aliphatic rings. The summed E-state index contributed by atoms with van der Waals surface area (Å²) in [5.41, 5.74) is 2.04. The molecule has 0 aliphatic heterocycles. The first-order chi connectivity index (χ1) is 10.7. The minimum absolute atomic E-state index is 0.00193. The van der Waals surface area contributed by atoms with Crippen LogP contribution in [-0.2, 0) is 22.3 Å². The quantitative estimate of drug-likeness (QED) is 0.703. The molecule has 0 fully saturated rings. The van der Waals surface area contributed by atoms with Crippen molar-refractivity contribution < 1.29 is 8.42 Å². The van der Waals surface area contributed by atoms with Crippen LogP contribution in [0.2, 0.25) is 0 Å². The third-order valence-electron chi connectivity index (χ3n) is 4.21. The van der Waals surface area contributed by atoms with E-state index in [0.29, 0.717) is 9.92 Å². The van der Waals surface area contributed by atoms with Crippen molar-refractivity contribution in [2.75, 3.05) is 0 Å². The van der Waals surface area contributed by atoms with E-state index in [1.54, 1.807) is 29.8 Å². The highest BCUT2D eigenvalue weighted by atomic mass is 32.2. The molecule has 3 rings (SSSR count). The molecule has 1 heterocycles. The molecule has 0 unspecified atom stereocenters. The van der Waals surface area contributed by atoms with Crippen LogP contribution in [0.5, 0.6) is 0 Å². The molecule has 0 saturated carbocycles. The Hall–Kier alpha value is -2.07. The predicted octanol–water partition coefficient (Wildman–Crippen LogP) is 4.31. The second-order valence-electron chi connectivity index (χ2n) is 6.88. The second-order valence-corrected chi connectivity index (χ2v) is 8.77. The van der Waals surface area contributed by atoms with Gasteiger partial charge in [-0.25, -0.2) is 8.42 Å². The van der Waals surface area contributed by atoms with Gasteiger partial charge in [0.1, 0.15) is 5.03 Å². The first-order valence-corrected chi connectivity index (χ1v) is 9.10. The number of hydrogen-bond acceptors (Lipinski definition) is 2. The molecule has 0 bridgehead atoms. The minimum Gasteiger partial charge on any atom is -0.334 e. The third kappa shape index (κ3) is 2.68. The Morgan fingerprint density at radius 3 is 2.09 bits per heavy atom. The van der Waals surface area contributed by atoms with Crippen molar-refractivity contribution in [1.29, 1.82) is 0 Å². The van der Waals surface area contributed by atoms with Crippen molar-refractivity contribution in [3.8, 4) is 0 Å². The van der Waals surface area contributed by atoms with Gasteiger partial charge < -0.3 is 4.57 Å². The summed E-state index contributed by atoms with van der Waals surface area (Å²) in [6, 6.07) is 16.6. The number of rotatable bonds is 2. The molecule has 23 heavy (non-hydrogen) atoms. The summed E-state index contributed by atoms with van der Waals surface area (Å²) in [4.78, 5) is 0.330. The molecule has 120 valence electrons. The predicted molar refractivity (Wildman–Crippen MR) is 93.5 cm³/mol. The zero-order valence-corrected chi connectivity index (χ0v) is 14.7. The Labute approximate surface area is 137 Å². The van der Waals surface area contributed by atoms with E-state index in [1.807, 2.05) is 36.4 Å². The van der Waals surface area contributed by atoms with Crippen LogP contribution >= 0.6 is 0 Å². The van der Waals surface area contributed by atoms with Crippen LogP contribution in [0.3, 0.4) is 0 Å². The van der Waals surface area contributed by atoms with Gasteiger partial charge in [-0.3, -0.25) is 0 Å². The highest BCUT2D eigenvalue weighted by molar-refractivity contribution is 7.91. The smallest absolute Gasteiger partial charge is 0.222 e. The number of fused-ring (bicyclic) bond motifs is 1. The Bertz CT molecular complexity index is 959. The number of aryl methyl sites for hydroxylation is 1. The molecule has 0 amide bonds. The molecule has 0 radical (unpaired) electrons. The van der Waals surface area contributed by atoms with Gasteiger partial charge >= 0.3 is 0 Å². The lowest BCUT2D eigenvalue weighted by Crippen LogP contribution is -2.12. The van der Waals surface area contributed by atoms with Gasteiger partial charge in [-0.2, -0.15) is 0 Å². The minimum atomic E-state index is -3.53. The van der Waals surface area contributed by atoms with Crippen molar-refractivity contribution in [3.63, 3.8) is 0 Å². The second kappa shape index (κ2) is 5.24. The Morgan fingerprint density at radius 2 is 1.52 bits per heavy atom. The van der Waals surface area contributed by atoms with Crippen molar-refractivity contribution >= 4 is 20.7 Å². The first kappa shape index (κ1) is 15.8. The van der Waals surface area contributed by atoms with Crippen LogP contribution in [0.1, 0.15) is 26.3 Å². The van der Waals surface area contributed by atoms with Crippen LogP contribution in [-0.4, -0.2) is 13.0 Å². The van der Waals surface area contributed by atoms with Crippen LogP contribution < -0.4 is 0 Å². The Morgan fingerprint density at radius 1 is 0.913 bits per heavy atom. The van der Waals surface area contributed by atoms with E-state index in [4.69, 9.17) is 0 Å². The zero-order chi connectivity index (χ0) is 16.8. The van der Waals surface area contributed by atoms with E-state index in [0.717, 1.165) is 16.5 Å². The topological polar surface area (TPSA) is 39.1 Å². The van der Waals surface area contributed by atoms with Crippen LogP contribution in [0.4, 0.5) is 0 Å². The lowest BCUT2D eigenvalue weighted by atomic mass is 9.87. The number of para-hydroxylation sites is 1. The van der Waals surface area contributed by atoms with Gasteiger partial charge in [-0.15, -0.1) is 0 Å². The molecule has 3 aromatic rings. The van der Waals surface area contributed by atoms with Gasteiger partial charge in [-0.1, -0.05) is 51.1 Å². The largest absolute Gasteiger partial charge is 0.334 e. The molecule has 0 aliphatic carbocycles. The monoisotopic (exact) mass is 327 g/mol. The van der Waals surface area contributed by atoms with Crippen molar-refractivity contribution in [2.24, 2.45) is 7.05 Å². The third-order valence-corrected chi connectivity index (χ3v) is 6.05. The van der Waals surface area contributed by atoms with Crippen LogP contribution in [0.15, 0.2) is 64.5 Å². The molecule has 1 aromatic heterocycles. The zero-order valence-electron chi connectivity index (χ0n) is 13.9. The molecular formula is C19H21NO2S. The molecule has 0 saturated heterocycles.